The van der Waals surface area contributed by atoms with Crippen LogP contribution in [-0.4, -0.2) is 77.0 Å². The van der Waals surface area contributed by atoms with Crippen molar-refractivity contribution in [1.82, 2.24) is 9.97 Å². The monoisotopic (exact) mass is 624 g/mol. The molecule has 0 bridgehead atoms. The van der Waals surface area contributed by atoms with Crippen molar-refractivity contribution in [1.29, 1.82) is 0 Å². The van der Waals surface area contributed by atoms with E-state index >= 15 is 0 Å². The Bertz CT molecular complexity index is 1330. The van der Waals surface area contributed by atoms with E-state index in [1.54, 1.807) is 31.2 Å². The van der Waals surface area contributed by atoms with Gasteiger partial charge < -0.3 is 29.2 Å². The first-order chi connectivity index (χ1) is 18.8. The predicted octanol–water partition coefficient (Wildman–Crippen LogP) is 3.22. The van der Waals surface area contributed by atoms with E-state index in [0.717, 1.165) is 4.47 Å². The number of benzene rings is 2. The topological polar surface area (TPSA) is 149 Å². The Morgan fingerprint density at radius 3 is 2.49 bits per heavy atom. The summed E-state index contributed by atoms with van der Waals surface area (Å²) in [7, 11) is -2.83. The summed E-state index contributed by atoms with van der Waals surface area (Å²) in [4.78, 5) is 30.2. The van der Waals surface area contributed by atoms with Gasteiger partial charge in [-0.2, -0.15) is 0 Å². The quantitative estimate of drug-likeness (QED) is 0.192. The van der Waals surface area contributed by atoms with E-state index in [1.165, 1.54) is 42.1 Å². The Morgan fingerprint density at radius 1 is 1.08 bits per heavy atom. The first kappa shape index (κ1) is 30.1. The van der Waals surface area contributed by atoms with Gasteiger partial charge in [0.05, 0.1) is 58.3 Å². The number of methoxy groups -OCH3 is 1. The molecule has 14 heteroatoms. The average Bonchev–Trinajstić information content (AvgIpc) is 3.46. The third-order valence-corrected chi connectivity index (χ3v) is 7.56. The maximum Gasteiger partial charge on any atom is 0.332 e. The molecule has 0 radical (unpaired) electrons. The van der Waals surface area contributed by atoms with Crippen molar-refractivity contribution in [2.24, 2.45) is 0 Å². The van der Waals surface area contributed by atoms with Crippen LogP contribution in [0.4, 0.5) is 11.4 Å². The maximum absolute atomic E-state index is 13.9. The molecule has 39 heavy (non-hydrogen) atoms. The normalized spacial score (nSPS) is 11.2. The lowest BCUT2D eigenvalue weighted by Gasteiger charge is -2.26. The third kappa shape index (κ3) is 8.51. The van der Waals surface area contributed by atoms with Gasteiger partial charge in [-0.15, -0.1) is 0 Å². The molecule has 0 saturated carbocycles. The third-order valence-electron chi connectivity index (χ3n) is 5.18. The highest BCUT2D eigenvalue weighted by Gasteiger charge is 2.29. The highest BCUT2D eigenvalue weighted by atomic mass is 79.9. The summed E-state index contributed by atoms with van der Waals surface area (Å²) in [6.07, 6.45) is 2.72. The molecular formula is C25H29BrN4O8S. The van der Waals surface area contributed by atoms with Crippen LogP contribution in [0.2, 0.25) is 0 Å². The van der Waals surface area contributed by atoms with Crippen LogP contribution in [-0.2, 0) is 29.0 Å². The Hall–Kier alpha value is -3.46. The van der Waals surface area contributed by atoms with Gasteiger partial charge in [-0.05, 0) is 49.4 Å². The first-order valence-electron chi connectivity index (χ1n) is 11.8. The Morgan fingerprint density at radius 2 is 1.82 bits per heavy atom. The number of imidazole rings is 1. The molecule has 2 N–H and O–H groups in total. The zero-order valence-electron chi connectivity index (χ0n) is 21.4. The summed E-state index contributed by atoms with van der Waals surface area (Å²) in [5.41, 5.74) is 0.865. The molecule has 0 aliphatic carbocycles. The molecule has 210 valence electrons. The van der Waals surface area contributed by atoms with Gasteiger partial charge in [-0.1, -0.05) is 15.9 Å². The summed E-state index contributed by atoms with van der Waals surface area (Å²) in [5.74, 6) is -0.851. The van der Waals surface area contributed by atoms with E-state index in [9.17, 15) is 18.0 Å². The maximum atomic E-state index is 13.9. The molecule has 12 nitrogen and oxygen atoms in total. The second kappa shape index (κ2) is 14.6. The number of H-pyrrole nitrogens is 1. The van der Waals surface area contributed by atoms with Crippen molar-refractivity contribution in [3.63, 3.8) is 0 Å². The number of esters is 1. The van der Waals surface area contributed by atoms with Gasteiger partial charge in [0.2, 0.25) is 0 Å². The van der Waals surface area contributed by atoms with Crippen LogP contribution < -0.4 is 14.4 Å². The molecule has 0 aliphatic heterocycles. The number of carbonyl (C=O) groups excluding carboxylic acids is 2. The van der Waals surface area contributed by atoms with Gasteiger partial charge in [-0.3, -0.25) is 9.10 Å². The summed E-state index contributed by atoms with van der Waals surface area (Å²) in [5, 5.41) is 2.66. The molecule has 2 aromatic carbocycles. The Labute approximate surface area is 234 Å². The summed E-state index contributed by atoms with van der Waals surface area (Å²) in [6, 6.07) is 11.1. The lowest BCUT2D eigenvalue weighted by molar-refractivity contribution is -0.148. The van der Waals surface area contributed by atoms with Crippen molar-refractivity contribution in [2.45, 2.75) is 11.8 Å². The molecule has 0 fully saturated rings. The minimum absolute atomic E-state index is 0.0320. The standard InChI is InChI=1S/C25H29BrN4O8S/c1-3-38-24(31)16-37-13-12-36-11-10-30(20-7-4-18(26)5-8-20)39(33,34)23-14-19(6-9-22(23)35-2)29-25(32)21-15-27-17-28-21/h4-9,14-15,17H,3,10-13,16H2,1-2H3,(H,27,28)(H,29,32). The predicted molar refractivity (Wildman–Crippen MR) is 146 cm³/mol. The fourth-order valence-electron chi connectivity index (χ4n) is 3.37. The van der Waals surface area contributed by atoms with Crippen LogP contribution in [0, 0.1) is 0 Å². The number of hydrogen-bond donors (Lipinski definition) is 2. The van der Waals surface area contributed by atoms with Crippen LogP contribution in [0.25, 0.3) is 0 Å². The number of aromatic amines is 1. The molecular weight excluding hydrogens is 596 g/mol. The number of anilines is 2. The van der Waals surface area contributed by atoms with Crippen molar-refractivity contribution in [3.05, 3.63) is 65.2 Å². The van der Waals surface area contributed by atoms with Gasteiger partial charge in [0.25, 0.3) is 15.9 Å². The molecule has 0 saturated heterocycles. The number of nitrogens with zero attached hydrogens (tertiary/aromatic N) is 2. The van der Waals surface area contributed by atoms with Crippen LogP contribution in [0.3, 0.4) is 0 Å². The lowest BCUT2D eigenvalue weighted by atomic mass is 10.3. The van der Waals surface area contributed by atoms with E-state index in [2.05, 4.69) is 31.2 Å². The number of ether oxygens (including phenoxy) is 4. The van der Waals surface area contributed by atoms with E-state index < -0.39 is 21.9 Å². The Kier molecular flexibility index (Phi) is 11.3. The molecule has 3 rings (SSSR count). The van der Waals surface area contributed by atoms with Gasteiger partial charge in [-0.25, -0.2) is 18.2 Å². The second-order valence-corrected chi connectivity index (χ2v) is 10.6. The summed E-state index contributed by atoms with van der Waals surface area (Å²) >= 11 is 3.36. The van der Waals surface area contributed by atoms with Crippen molar-refractivity contribution >= 4 is 49.2 Å². The zero-order chi connectivity index (χ0) is 28.3. The van der Waals surface area contributed by atoms with Crippen LogP contribution >= 0.6 is 15.9 Å². The number of halogens is 1. The SMILES string of the molecule is CCOC(=O)COCCOCCN(c1ccc(Br)cc1)S(=O)(=O)c1cc(NC(=O)c2cnc[nH]2)ccc1OC. The van der Waals surface area contributed by atoms with Crippen molar-refractivity contribution in [2.75, 3.05) is 56.3 Å². The summed E-state index contributed by atoms with van der Waals surface area (Å²) in [6.45, 7) is 2.07. The molecule has 0 atom stereocenters. The second-order valence-electron chi connectivity index (χ2n) is 7.81. The summed E-state index contributed by atoms with van der Waals surface area (Å²) < 4.78 is 50.7. The fourth-order valence-corrected chi connectivity index (χ4v) is 5.27. The molecule has 1 amide bonds. The average molecular weight is 625 g/mol. The van der Waals surface area contributed by atoms with E-state index in [1.807, 2.05) is 0 Å². The largest absolute Gasteiger partial charge is 0.495 e. The minimum atomic E-state index is -4.19. The number of rotatable bonds is 15. The molecule has 0 spiro atoms. The van der Waals surface area contributed by atoms with Crippen LogP contribution in [0.1, 0.15) is 17.4 Å². The number of amides is 1. The fraction of sp³-hybridized carbons (Fsp3) is 0.320. The van der Waals surface area contributed by atoms with E-state index in [-0.39, 0.29) is 61.6 Å². The number of carbonyl (C=O) groups is 2. The van der Waals surface area contributed by atoms with Gasteiger partial charge >= 0.3 is 5.97 Å². The van der Waals surface area contributed by atoms with E-state index in [4.69, 9.17) is 18.9 Å². The van der Waals surface area contributed by atoms with E-state index in [0.29, 0.717) is 5.69 Å². The number of nitrogens with one attached hydrogen (secondary N) is 2. The van der Waals surface area contributed by atoms with Gasteiger partial charge in [0, 0.05) is 10.2 Å². The lowest BCUT2D eigenvalue weighted by Crippen LogP contribution is -2.34. The molecule has 0 aliphatic rings. The molecule has 1 heterocycles. The van der Waals surface area contributed by atoms with Crippen LogP contribution in [0.15, 0.2) is 64.4 Å². The van der Waals surface area contributed by atoms with Gasteiger partial charge in [0.15, 0.2) is 0 Å². The van der Waals surface area contributed by atoms with Crippen LogP contribution in [0.5, 0.6) is 5.75 Å². The number of hydrogen-bond acceptors (Lipinski definition) is 9. The highest BCUT2D eigenvalue weighted by Crippen LogP contribution is 2.33. The first-order valence-corrected chi connectivity index (χ1v) is 14.1. The molecule has 0 unspecified atom stereocenters. The highest BCUT2D eigenvalue weighted by molar-refractivity contribution is 9.10. The molecule has 3 aromatic rings. The smallest absolute Gasteiger partial charge is 0.332 e. The van der Waals surface area contributed by atoms with Crippen molar-refractivity contribution in [3.8, 4) is 5.75 Å². The molecule has 1 aromatic heterocycles. The Balaban J connectivity index is 1.78. The van der Waals surface area contributed by atoms with Gasteiger partial charge in [0.1, 0.15) is 22.9 Å². The van der Waals surface area contributed by atoms with Crippen molar-refractivity contribution < 1.29 is 37.0 Å². The number of aromatic nitrogens is 2. The number of sulfonamides is 1. The zero-order valence-corrected chi connectivity index (χ0v) is 23.8. The minimum Gasteiger partial charge on any atom is -0.495 e.